The smallest absolute Gasteiger partial charge is 0.416 e. The van der Waals surface area contributed by atoms with Gasteiger partial charge in [0.2, 0.25) is 0 Å². The monoisotopic (exact) mass is 726 g/mol. The molecule has 14 heteroatoms. The molecule has 0 atom stereocenters. The van der Waals surface area contributed by atoms with Crippen molar-refractivity contribution < 1.29 is 57.8 Å². The maximum atomic E-state index is 14.1. The SMILES string of the molecule is Oc1ccc2ccccc2c1-c1c(P(c2cc(C(F)(F)F)cc(C(F)(F)F)c2)c2cc(C(F)(F)F)cc(C(F)(F)F)c2)ccc2ccccc12. The van der Waals surface area contributed by atoms with E-state index >= 15 is 0 Å². The lowest BCUT2D eigenvalue weighted by Gasteiger charge is -2.27. The van der Waals surface area contributed by atoms with Crippen LogP contribution in [0.1, 0.15) is 22.3 Å². The van der Waals surface area contributed by atoms with Crippen molar-refractivity contribution in [1.82, 2.24) is 0 Å². The van der Waals surface area contributed by atoms with Gasteiger partial charge in [0.25, 0.3) is 0 Å². The Balaban J connectivity index is 1.84. The van der Waals surface area contributed by atoms with Crippen LogP contribution in [0, 0.1) is 0 Å². The van der Waals surface area contributed by atoms with E-state index in [1.165, 1.54) is 36.4 Å². The summed E-state index contributed by atoms with van der Waals surface area (Å²) in [4.78, 5) is 0. The van der Waals surface area contributed by atoms with Gasteiger partial charge in [-0.15, -0.1) is 0 Å². The minimum atomic E-state index is -5.39. The number of alkyl halides is 12. The van der Waals surface area contributed by atoms with Crippen LogP contribution in [0.2, 0.25) is 0 Å². The zero-order chi connectivity index (χ0) is 36.4. The first-order valence-corrected chi connectivity index (χ1v) is 15.7. The zero-order valence-electron chi connectivity index (χ0n) is 24.8. The lowest BCUT2D eigenvalue weighted by Crippen LogP contribution is -2.27. The van der Waals surface area contributed by atoms with Crippen molar-refractivity contribution >= 4 is 45.4 Å². The van der Waals surface area contributed by atoms with Crippen LogP contribution in [-0.2, 0) is 24.7 Å². The van der Waals surface area contributed by atoms with Gasteiger partial charge in [-0.05, 0) is 87.8 Å². The van der Waals surface area contributed by atoms with E-state index in [0.717, 1.165) is 0 Å². The average molecular weight is 726 g/mol. The number of benzene rings is 6. The summed E-state index contributed by atoms with van der Waals surface area (Å²) in [5, 5.41) is 11.0. The number of phenolic OH excluding ortho intramolecular Hbond substituents is 1. The third kappa shape index (κ3) is 6.70. The highest BCUT2D eigenvalue weighted by Gasteiger charge is 2.41. The minimum absolute atomic E-state index is 0.000418. The molecular formula is C36H19F12OP. The Morgan fingerprint density at radius 2 is 0.760 bits per heavy atom. The summed E-state index contributed by atoms with van der Waals surface area (Å²) in [7, 11) is -3.10. The molecule has 6 aromatic rings. The number of phenols is 1. The second-order valence-electron chi connectivity index (χ2n) is 11.2. The van der Waals surface area contributed by atoms with E-state index in [4.69, 9.17) is 0 Å². The predicted octanol–water partition coefficient (Wildman–Crippen LogP) is 11.2. The van der Waals surface area contributed by atoms with Crippen LogP contribution in [0.15, 0.2) is 109 Å². The molecule has 0 spiro atoms. The van der Waals surface area contributed by atoms with Gasteiger partial charge in [0, 0.05) is 11.1 Å². The molecule has 0 aliphatic carbocycles. The van der Waals surface area contributed by atoms with Gasteiger partial charge in [0.1, 0.15) is 5.75 Å². The molecular weight excluding hydrogens is 707 g/mol. The topological polar surface area (TPSA) is 20.2 Å². The highest BCUT2D eigenvalue weighted by Crippen LogP contribution is 2.48. The van der Waals surface area contributed by atoms with E-state index in [2.05, 4.69) is 0 Å². The van der Waals surface area contributed by atoms with Crippen LogP contribution in [-0.4, -0.2) is 5.11 Å². The molecule has 0 aromatic heterocycles. The third-order valence-electron chi connectivity index (χ3n) is 7.97. The van der Waals surface area contributed by atoms with Gasteiger partial charge in [-0.1, -0.05) is 66.7 Å². The van der Waals surface area contributed by atoms with E-state index < -0.39 is 71.2 Å². The van der Waals surface area contributed by atoms with Gasteiger partial charge in [-0.2, -0.15) is 52.7 Å². The van der Waals surface area contributed by atoms with Crippen LogP contribution in [0.4, 0.5) is 52.7 Å². The molecule has 258 valence electrons. The molecule has 0 amide bonds. The van der Waals surface area contributed by atoms with E-state index in [9.17, 15) is 57.8 Å². The van der Waals surface area contributed by atoms with Crippen molar-refractivity contribution in [2.24, 2.45) is 0 Å². The summed E-state index contributed by atoms with van der Waals surface area (Å²) >= 11 is 0. The van der Waals surface area contributed by atoms with Crippen LogP contribution >= 0.6 is 7.92 Å². The second-order valence-corrected chi connectivity index (χ2v) is 13.4. The summed E-state index contributed by atoms with van der Waals surface area (Å²) in [6.45, 7) is 0. The standard InChI is InChI=1S/C36H19F12OP/c37-33(38,39)21-13-22(34(40,41)42)16-25(15-21)50(26-17-23(35(43,44)45)14-24(18-26)36(46,47)48)30-12-10-20-6-2-4-8-28(20)32(30)31-27-7-3-1-5-19(27)9-11-29(31)49/h1-18,49H. The third-order valence-corrected chi connectivity index (χ3v) is 10.4. The quantitative estimate of drug-likeness (QED) is 0.142. The first-order chi connectivity index (χ1) is 23.2. The second kappa shape index (κ2) is 12.2. The number of aromatic hydroxyl groups is 1. The molecule has 6 rings (SSSR count). The molecule has 0 fully saturated rings. The van der Waals surface area contributed by atoms with Crippen molar-refractivity contribution in [3.05, 3.63) is 131 Å². The maximum Gasteiger partial charge on any atom is 0.416 e. The van der Waals surface area contributed by atoms with E-state index in [-0.39, 0.29) is 34.0 Å². The molecule has 0 saturated heterocycles. The molecule has 0 saturated carbocycles. The lowest BCUT2D eigenvalue weighted by molar-refractivity contribution is -0.144. The van der Waals surface area contributed by atoms with Gasteiger partial charge < -0.3 is 5.11 Å². The van der Waals surface area contributed by atoms with E-state index in [0.29, 0.717) is 40.4 Å². The van der Waals surface area contributed by atoms with E-state index in [1.54, 1.807) is 36.4 Å². The Bertz CT molecular complexity index is 2110. The summed E-state index contributed by atoms with van der Waals surface area (Å²) in [6.07, 6.45) is -21.5. The first kappa shape index (κ1) is 35.1. The Labute approximate surface area is 276 Å². The summed E-state index contributed by atoms with van der Waals surface area (Å²) < 4.78 is 170. The van der Waals surface area contributed by atoms with Gasteiger partial charge in [0.05, 0.1) is 22.3 Å². The fourth-order valence-electron chi connectivity index (χ4n) is 5.79. The van der Waals surface area contributed by atoms with Gasteiger partial charge in [0.15, 0.2) is 0 Å². The molecule has 1 N–H and O–H groups in total. The Kier molecular flexibility index (Phi) is 8.57. The summed E-state index contributed by atoms with van der Waals surface area (Å²) in [5.41, 5.74) is -7.23. The van der Waals surface area contributed by atoms with Crippen LogP contribution in [0.25, 0.3) is 32.7 Å². The molecule has 0 heterocycles. The molecule has 0 aliphatic heterocycles. The maximum absolute atomic E-state index is 14.1. The van der Waals surface area contributed by atoms with Gasteiger partial charge in [-0.25, -0.2) is 0 Å². The number of hydrogen-bond acceptors (Lipinski definition) is 1. The largest absolute Gasteiger partial charge is 0.507 e. The van der Waals surface area contributed by atoms with Crippen molar-refractivity contribution in [3.63, 3.8) is 0 Å². The Hall–Kier alpha value is -4.77. The molecule has 50 heavy (non-hydrogen) atoms. The van der Waals surface area contributed by atoms with Crippen LogP contribution in [0.3, 0.4) is 0 Å². The number of halogens is 12. The number of fused-ring (bicyclic) bond motifs is 2. The Morgan fingerprint density at radius 1 is 0.400 bits per heavy atom. The predicted molar refractivity (Wildman–Crippen MR) is 167 cm³/mol. The Morgan fingerprint density at radius 3 is 1.16 bits per heavy atom. The molecule has 0 unspecified atom stereocenters. The minimum Gasteiger partial charge on any atom is -0.507 e. The van der Waals surface area contributed by atoms with Crippen molar-refractivity contribution in [2.45, 2.75) is 24.7 Å². The molecule has 0 radical (unpaired) electrons. The normalized spacial score (nSPS) is 13.1. The van der Waals surface area contributed by atoms with Crippen molar-refractivity contribution in [2.75, 3.05) is 0 Å². The van der Waals surface area contributed by atoms with Crippen LogP contribution < -0.4 is 15.9 Å². The number of hydrogen-bond donors (Lipinski definition) is 1. The molecule has 0 aliphatic rings. The lowest BCUT2D eigenvalue weighted by atomic mass is 9.93. The van der Waals surface area contributed by atoms with Gasteiger partial charge in [-0.3, -0.25) is 0 Å². The average Bonchev–Trinajstić information content (AvgIpc) is 3.03. The fourth-order valence-corrected chi connectivity index (χ4v) is 8.40. The van der Waals surface area contributed by atoms with Crippen LogP contribution in [0.5, 0.6) is 5.75 Å². The van der Waals surface area contributed by atoms with Crippen molar-refractivity contribution in [1.29, 1.82) is 0 Å². The van der Waals surface area contributed by atoms with Crippen molar-refractivity contribution in [3.8, 4) is 16.9 Å². The van der Waals surface area contributed by atoms with Gasteiger partial charge >= 0.3 is 24.7 Å². The fraction of sp³-hybridized carbons (Fsp3) is 0.111. The molecule has 6 aromatic carbocycles. The number of rotatable bonds is 4. The van der Waals surface area contributed by atoms with E-state index in [1.807, 2.05) is 0 Å². The first-order valence-electron chi connectivity index (χ1n) is 14.4. The molecule has 1 nitrogen and oxygen atoms in total. The highest BCUT2D eigenvalue weighted by atomic mass is 31.1. The highest BCUT2D eigenvalue weighted by molar-refractivity contribution is 7.80. The zero-order valence-corrected chi connectivity index (χ0v) is 25.7. The summed E-state index contributed by atoms with van der Waals surface area (Å²) in [5.74, 6) is -0.406. The summed E-state index contributed by atoms with van der Waals surface area (Å²) in [6, 6.07) is 19.0. The molecule has 0 bridgehead atoms.